The van der Waals surface area contributed by atoms with Crippen LogP contribution in [0.3, 0.4) is 0 Å². The summed E-state index contributed by atoms with van der Waals surface area (Å²) in [6.45, 7) is 2.21. The molecule has 1 aliphatic carbocycles. The average molecular weight is 272 g/mol. The Morgan fingerprint density at radius 3 is 2.80 bits per heavy atom. The molecule has 0 spiro atoms. The topological polar surface area (TPSA) is 82.2 Å². The quantitative estimate of drug-likeness (QED) is 0.798. The number of hydrogen-bond donors (Lipinski definition) is 3. The first kappa shape index (κ1) is 12.7. The maximum absolute atomic E-state index is 11.7. The Balaban J connectivity index is 1.96. The number of aryl methyl sites for hydroxylation is 1. The van der Waals surface area contributed by atoms with Crippen LogP contribution in [0, 0.1) is 12.8 Å². The molecule has 1 aromatic heterocycles. The molecule has 0 aliphatic heterocycles. The Morgan fingerprint density at radius 2 is 2.15 bits per heavy atom. The van der Waals surface area contributed by atoms with Crippen LogP contribution in [0.15, 0.2) is 18.2 Å². The van der Waals surface area contributed by atoms with Crippen LogP contribution in [0.1, 0.15) is 34.5 Å². The highest BCUT2D eigenvalue weighted by molar-refractivity contribution is 5.98. The lowest BCUT2D eigenvalue weighted by Gasteiger charge is -2.05. The number of carboxylic acids is 1. The van der Waals surface area contributed by atoms with Gasteiger partial charge in [0.05, 0.1) is 0 Å². The lowest BCUT2D eigenvalue weighted by atomic mass is 10.1. The van der Waals surface area contributed by atoms with Crippen LogP contribution in [0.25, 0.3) is 10.9 Å². The second-order valence-electron chi connectivity index (χ2n) is 5.32. The number of amides is 1. The fraction of sp³-hybridized carbons (Fsp3) is 0.333. The number of nitrogens with one attached hydrogen (secondary N) is 2. The molecule has 3 rings (SSSR count). The summed E-state index contributed by atoms with van der Waals surface area (Å²) >= 11 is 0. The molecule has 1 aliphatic rings. The van der Waals surface area contributed by atoms with Crippen molar-refractivity contribution in [3.8, 4) is 0 Å². The summed E-state index contributed by atoms with van der Waals surface area (Å²) < 4.78 is 0. The molecule has 0 bridgehead atoms. The van der Waals surface area contributed by atoms with Crippen LogP contribution in [0.2, 0.25) is 0 Å². The molecule has 0 saturated heterocycles. The van der Waals surface area contributed by atoms with Gasteiger partial charge in [0, 0.05) is 28.9 Å². The van der Waals surface area contributed by atoms with E-state index in [0.29, 0.717) is 5.56 Å². The molecule has 20 heavy (non-hydrogen) atoms. The van der Waals surface area contributed by atoms with E-state index in [0.717, 1.165) is 29.3 Å². The maximum atomic E-state index is 11.7. The van der Waals surface area contributed by atoms with E-state index < -0.39 is 5.97 Å². The molecule has 0 radical (unpaired) electrons. The van der Waals surface area contributed by atoms with Gasteiger partial charge in [0.15, 0.2) is 0 Å². The molecule has 104 valence electrons. The lowest BCUT2D eigenvalue weighted by molar-refractivity contribution is -0.122. The van der Waals surface area contributed by atoms with Crippen LogP contribution in [-0.4, -0.2) is 22.0 Å². The van der Waals surface area contributed by atoms with Gasteiger partial charge in [-0.2, -0.15) is 0 Å². The molecule has 5 heteroatoms. The van der Waals surface area contributed by atoms with Gasteiger partial charge in [-0.05, 0) is 31.9 Å². The van der Waals surface area contributed by atoms with Crippen molar-refractivity contribution in [2.75, 3.05) is 0 Å². The zero-order valence-electron chi connectivity index (χ0n) is 11.2. The molecule has 1 saturated carbocycles. The third kappa shape index (κ3) is 2.27. The van der Waals surface area contributed by atoms with Crippen LogP contribution in [0.5, 0.6) is 0 Å². The minimum absolute atomic E-state index is 0.0170. The number of carbonyl (C=O) groups is 2. The third-order valence-electron chi connectivity index (χ3n) is 3.66. The molecule has 1 fully saturated rings. The molecular formula is C15H16N2O3. The fourth-order valence-electron chi connectivity index (χ4n) is 2.39. The summed E-state index contributed by atoms with van der Waals surface area (Å²) in [4.78, 5) is 25.9. The summed E-state index contributed by atoms with van der Waals surface area (Å²) in [6, 6.07) is 5.73. The van der Waals surface area contributed by atoms with Crippen molar-refractivity contribution in [2.24, 2.45) is 5.92 Å². The summed E-state index contributed by atoms with van der Waals surface area (Å²) in [5.74, 6) is -0.868. The monoisotopic (exact) mass is 272 g/mol. The van der Waals surface area contributed by atoms with Crippen molar-refractivity contribution >= 4 is 22.8 Å². The van der Waals surface area contributed by atoms with E-state index in [9.17, 15) is 14.7 Å². The van der Waals surface area contributed by atoms with Crippen molar-refractivity contribution in [3.63, 3.8) is 0 Å². The molecule has 5 nitrogen and oxygen atoms in total. The minimum atomic E-state index is -1.01. The fourth-order valence-corrected chi connectivity index (χ4v) is 2.39. The van der Waals surface area contributed by atoms with Gasteiger partial charge in [0.2, 0.25) is 5.91 Å². The smallest absolute Gasteiger partial charge is 0.352 e. The third-order valence-corrected chi connectivity index (χ3v) is 3.66. The zero-order valence-corrected chi connectivity index (χ0v) is 11.2. The van der Waals surface area contributed by atoms with Crippen molar-refractivity contribution in [1.29, 1.82) is 0 Å². The zero-order chi connectivity index (χ0) is 14.3. The Morgan fingerprint density at radius 1 is 1.40 bits per heavy atom. The SMILES string of the molecule is Cc1ccc2[nH]c(C(=O)O)c(CNC(=O)C3CC3)c2c1. The van der Waals surface area contributed by atoms with Crippen LogP contribution in [-0.2, 0) is 11.3 Å². The van der Waals surface area contributed by atoms with Gasteiger partial charge >= 0.3 is 5.97 Å². The molecule has 0 atom stereocenters. The first-order chi connectivity index (χ1) is 9.56. The highest BCUT2D eigenvalue weighted by Crippen LogP contribution is 2.29. The molecule has 3 N–H and O–H groups in total. The van der Waals surface area contributed by atoms with E-state index in [1.165, 1.54) is 0 Å². The maximum Gasteiger partial charge on any atom is 0.352 e. The van der Waals surface area contributed by atoms with Gasteiger partial charge in [-0.1, -0.05) is 11.6 Å². The number of benzene rings is 1. The van der Waals surface area contributed by atoms with Gasteiger partial charge in [-0.3, -0.25) is 4.79 Å². The summed E-state index contributed by atoms with van der Waals surface area (Å²) in [5.41, 5.74) is 2.64. The van der Waals surface area contributed by atoms with Crippen molar-refractivity contribution < 1.29 is 14.7 Å². The van der Waals surface area contributed by atoms with Crippen LogP contribution >= 0.6 is 0 Å². The number of aromatic carboxylic acids is 1. The van der Waals surface area contributed by atoms with E-state index in [1.807, 2.05) is 25.1 Å². The second kappa shape index (κ2) is 4.67. The standard InChI is InChI=1S/C15H16N2O3/c1-8-2-5-12-10(6-8)11(13(17-12)15(19)20)7-16-14(18)9-3-4-9/h2,5-6,9,17H,3-4,7H2,1H3,(H,16,18)(H,19,20). The number of carboxylic acid groups (broad SMARTS) is 1. The number of rotatable bonds is 4. The predicted molar refractivity (Wildman–Crippen MR) is 74.6 cm³/mol. The number of carbonyl (C=O) groups excluding carboxylic acids is 1. The van der Waals surface area contributed by atoms with Gasteiger partial charge in [-0.15, -0.1) is 0 Å². The Bertz CT molecular complexity index is 698. The van der Waals surface area contributed by atoms with E-state index in [-0.39, 0.29) is 24.1 Å². The molecule has 2 aromatic rings. The van der Waals surface area contributed by atoms with Crippen molar-refractivity contribution in [3.05, 3.63) is 35.0 Å². The molecular weight excluding hydrogens is 256 g/mol. The summed E-state index contributed by atoms with van der Waals surface area (Å²) in [6.07, 6.45) is 1.87. The predicted octanol–water partition coefficient (Wildman–Crippen LogP) is 2.20. The Hall–Kier alpha value is -2.30. The van der Waals surface area contributed by atoms with E-state index in [1.54, 1.807) is 0 Å². The van der Waals surface area contributed by atoms with Gasteiger partial charge in [0.25, 0.3) is 0 Å². The average Bonchev–Trinajstić information content (AvgIpc) is 3.18. The normalized spacial score (nSPS) is 14.4. The number of hydrogen-bond acceptors (Lipinski definition) is 2. The molecule has 0 unspecified atom stereocenters. The van der Waals surface area contributed by atoms with E-state index in [4.69, 9.17) is 0 Å². The molecule has 1 aromatic carbocycles. The highest BCUT2D eigenvalue weighted by atomic mass is 16.4. The Labute approximate surface area is 116 Å². The van der Waals surface area contributed by atoms with Crippen LogP contribution < -0.4 is 5.32 Å². The van der Waals surface area contributed by atoms with Crippen LogP contribution in [0.4, 0.5) is 0 Å². The molecule has 1 amide bonds. The molecule has 1 heterocycles. The minimum Gasteiger partial charge on any atom is -0.477 e. The number of aromatic amines is 1. The number of aromatic nitrogens is 1. The lowest BCUT2D eigenvalue weighted by Crippen LogP contribution is -2.25. The van der Waals surface area contributed by atoms with Gasteiger partial charge < -0.3 is 15.4 Å². The first-order valence-corrected chi connectivity index (χ1v) is 6.68. The second-order valence-corrected chi connectivity index (χ2v) is 5.32. The van der Waals surface area contributed by atoms with Gasteiger partial charge in [-0.25, -0.2) is 4.79 Å². The van der Waals surface area contributed by atoms with E-state index >= 15 is 0 Å². The number of H-pyrrole nitrogens is 1. The van der Waals surface area contributed by atoms with E-state index in [2.05, 4.69) is 10.3 Å². The van der Waals surface area contributed by atoms with Crippen molar-refractivity contribution in [1.82, 2.24) is 10.3 Å². The summed E-state index contributed by atoms with van der Waals surface area (Å²) in [5, 5.41) is 13.0. The Kier molecular flexibility index (Phi) is 2.97. The largest absolute Gasteiger partial charge is 0.477 e. The highest BCUT2D eigenvalue weighted by Gasteiger charge is 2.29. The first-order valence-electron chi connectivity index (χ1n) is 6.68. The number of fused-ring (bicyclic) bond motifs is 1. The van der Waals surface area contributed by atoms with Crippen molar-refractivity contribution in [2.45, 2.75) is 26.3 Å². The summed E-state index contributed by atoms with van der Waals surface area (Å²) in [7, 11) is 0. The van der Waals surface area contributed by atoms with Gasteiger partial charge in [0.1, 0.15) is 5.69 Å².